The van der Waals surface area contributed by atoms with Crippen molar-refractivity contribution in [2.75, 3.05) is 20.7 Å². The molecule has 1 rings (SSSR count). The van der Waals surface area contributed by atoms with Gasteiger partial charge in [-0.25, -0.2) is 4.79 Å². The van der Waals surface area contributed by atoms with E-state index in [4.69, 9.17) is 0 Å². The first kappa shape index (κ1) is 11.2. The van der Waals surface area contributed by atoms with Gasteiger partial charge in [-0.2, -0.15) is 0 Å². The lowest BCUT2D eigenvalue weighted by Gasteiger charge is -2.13. The Balaban J connectivity index is 2.41. The van der Waals surface area contributed by atoms with E-state index in [1.165, 1.54) is 20.0 Å². The van der Waals surface area contributed by atoms with Crippen LogP contribution in [-0.4, -0.2) is 37.6 Å². The number of likely N-dealkylation sites (N-methyl/N-ethyl adjacent to an activating group) is 1. The lowest BCUT2D eigenvalue weighted by atomic mass is 10.2. The minimum absolute atomic E-state index is 0.198. The van der Waals surface area contributed by atoms with Crippen LogP contribution in [0.5, 0.6) is 0 Å². The summed E-state index contributed by atoms with van der Waals surface area (Å²) in [6.07, 6.45) is 5.31. The molecule has 3 nitrogen and oxygen atoms in total. The van der Waals surface area contributed by atoms with E-state index in [1.54, 1.807) is 0 Å². The summed E-state index contributed by atoms with van der Waals surface area (Å²) in [5, 5.41) is 0. The number of rotatable bonds is 5. The fourth-order valence-corrected chi connectivity index (χ4v) is 1.42. The Morgan fingerprint density at radius 2 is 2.21 bits per heavy atom. The summed E-state index contributed by atoms with van der Waals surface area (Å²) in [7, 11) is 3.52. The van der Waals surface area contributed by atoms with Crippen molar-refractivity contribution in [3.05, 3.63) is 11.6 Å². The number of ether oxygens (including phenoxy) is 1. The fraction of sp³-hybridized carbons (Fsp3) is 0.727. The van der Waals surface area contributed by atoms with Gasteiger partial charge in [0.1, 0.15) is 0 Å². The molecule has 0 aliphatic heterocycles. The van der Waals surface area contributed by atoms with Gasteiger partial charge >= 0.3 is 5.97 Å². The van der Waals surface area contributed by atoms with E-state index in [0.29, 0.717) is 0 Å². The van der Waals surface area contributed by atoms with Crippen LogP contribution < -0.4 is 0 Å². The molecule has 0 saturated heterocycles. The number of hydrogen-bond acceptors (Lipinski definition) is 3. The Morgan fingerprint density at radius 1 is 1.57 bits per heavy atom. The molecular weight excluding hydrogens is 178 g/mol. The second kappa shape index (κ2) is 5.15. The Morgan fingerprint density at radius 3 is 2.64 bits per heavy atom. The summed E-state index contributed by atoms with van der Waals surface area (Å²) in [5.74, 6) is -0.198. The van der Waals surface area contributed by atoms with Gasteiger partial charge in [-0.05, 0) is 26.3 Å². The van der Waals surface area contributed by atoms with Gasteiger partial charge in [0, 0.05) is 18.2 Å². The van der Waals surface area contributed by atoms with Crippen molar-refractivity contribution >= 4 is 5.97 Å². The summed E-state index contributed by atoms with van der Waals surface area (Å²) in [4.78, 5) is 13.5. The summed E-state index contributed by atoms with van der Waals surface area (Å²) < 4.78 is 4.69. The van der Waals surface area contributed by atoms with Crippen LogP contribution in [0, 0.1) is 0 Å². The average molecular weight is 197 g/mol. The molecule has 0 amide bonds. The highest BCUT2D eigenvalue weighted by molar-refractivity contribution is 5.88. The Hall–Kier alpha value is -0.830. The highest BCUT2D eigenvalue weighted by atomic mass is 16.5. The number of carbonyl (C=O) groups excluding carboxylic acids is 1. The maximum atomic E-state index is 11.2. The van der Waals surface area contributed by atoms with Crippen molar-refractivity contribution in [1.29, 1.82) is 0 Å². The highest BCUT2D eigenvalue weighted by Gasteiger charge is 2.25. The first-order valence-electron chi connectivity index (χ1n) is 5.16. The van der Waals surface area contributed by atoms with Crippen LogP contribution in [-0.2, 0) is 9.53 Å². The number of esters is 1. The molecule has 1 fully saturated rings. The van der Waals surface area contributed by atoms with Crippen molar-refractivity contribution in [1.82, 2.24) is 4.90 Å². The zero-order valence-electron chi connectivity index (χ0n) is 9.25. The van der Waals surface area contributed by atoms with Crippen LogP contribution in [0.1, 0.15) is 26.2 Å². The van der Waals surface area contributed by atoms with Gasteiger partial charge in [-0.3, -0.25) is 4.90 Å². The van der Waals surface area contributed by atoms with Gasteiger partial charge in [0.2, 0.25) is 0 Å². The van der Waals surface area contributed by atoms with Crippen LogP contribution in [0.15, 0.2) is 11.6 Å². The van der Waals surface area contributed by atoms with Gasteiger partial charge < -0.3 is 4.74 Å². The van der Waals surface area contributed by atoms with Crippen LogP contribution in [0.3, 0.4) is 0 Å². The zero-order valence-corrected chi connectivity index (χ0v) is 9.25. The molecule has 0 atom stereocenters. The molecule has 0 aromatic carbocycles. The number of hydrogen-bond donors (Lipinski definition) is 0. The smallest absolute Gasteiger partial charge is 0.333 e. The molecule has 80 valence electrons. The van der Waals surface area contributed by atoms with Crippen molar-refractivity contribution in [3.8, 4) is 0 Å². The molecule has 3 heteroatoms. The molecule has 0 radical (unpaired) electrons. The van der Waals surface area contributed by atoms with Crippen LogP contribution in [0.2, 0.25) is 0 Å². The summed E-state index contributed by atoms with van der Waals surface area (Å²) in [5.41, 5.74) is 0.778. The SMILES string of the molecule is CCC(=CCN(C)C1CC1)C(=O)OC. The fourth-order valence-electron chi connectivity index (χ4n) is 1.42. The molecule has 1 aliphatic carbocycles. The van der Waals surface area contributed by atoms with E-state index in [2.05, 4.69) is 16.7 Å². The van der Waals surface area contributed by atoms with E-state index in [1.807, 2.05) is 13.0 Å². The van der Waals surface area contributed by atoms with Crippen molar-refractivity contribution in [2.45, 2.75) is 32.2 Å². The lowest BCUT2D eigenvalue weighted by Crippen LogP contribution is -2.21. The molecule has 0 spiro atoms. The summed E-state index contributed by atoms with van der Waals surface area (Å²) >= 11 is 0. The van der Waals surface area contributed by atoms with Crippen LogP contribution >= 0.6 is 0 Å². The third-order valence-corrected chi connectivity index (χ3v) is 2.62. The predicted octanol–water partition coefficient (Wildman–Crippen LogP) is 1.59. The normalized spacial score (nSPS) is 17.3. The van der Waals surface area contributed by atoms with Crippen LogP contribution in [0.25, 0.3) is 0 Å². The maximum absolute atomic E-state index is 11.2. The quantitative estimate of drug-likeness (QED) is 0.495. The van der Waals surface area contributed by atoms with Gasteiger partial charge in [0.15, 0.2) is 0 Å². The molecule has 0 heterocycles. The molecule has 1 saturated carbocycles. The molecule has 0 unspecified atom stereocenters. The highest BCUT2D eigenvalue weighted by Crippen LogP contribution is 2.25. The van der Waals surface area contributed by atoms with E-state index in [9.17, 15) is 4.79 Å². The second-order valence-electron chi connectivity index (χ2n) is 3.75. The predicted molar refractivity (Wildman–Crippen MR) is 56.0 cm³/mol. The second-order valence-corrected chi connectivity index (χ2v) is 3.75. The molecule has 0 N–H and O–H groups in total. The first-order valence-corrected chi connectivity index (χ1v) is 5.16. The zero-order chi connectivity index (χ0) is 10.6. The monoisotopic (exact) mass is 197 g/mol. The van der Waals surface area contributed by atoms with E-state index >= 15 is 0 Å². The Bertz CT molecular complexity index is 231. The molecule has 0 aromatic heterocycles. The Labute approximate surface area is 85.7 Å². The standard InChI is InChI=1S/C11H19NO2/c1-4-9(11(13)14-3)7-8-12(2)10-5-6-10/h7,10H,4-6,8H2,1-3H3. The molecule has 14 heavy (non-hydrogen) atoms. The van der Waals surface area contributed by atoms with E-state index in [0.717, 1.165) is 24.6 Å². The van der Waals surface area contributed by atoms with Gasteiger partial charge in [0.25, 0.3) is 0 Å². The summed E-state index contributed by atoms with van der Waals surface area (Å²) in [6, 6.07) is 0.738. The third kappa shape index (κ3) is 3.14. The minimum Gasteiger partial charge on any atom is -0.466 e. The largest absolute Gasteiger partial charge is 0.466 e. The molecule has 0 bridgehead atoms. The minimum atomic E-state index is -0.198. The Kier molecular flexibility index (Phi) is 4.14. The maximum Gasteiger partial charge on any atom is 0.333 e. The van der Waals surface area contributed by atoms with Crippen molar-refractivity contribution in [3.63, 3.8) is 0 Å². The van der Waals surface area contributed by atoms with Crippen LogP contribution in [0.4, 0.5) is 0 Å². The van der Waals surface area contributed by atoms with Gasteiger partial charge in [-0.1, -0.05) is 13.0 Å². The molecule has 1 aliphatic rings. The molecule has 0 aromatic rings. The first-order chi connectivity index (χ1) is 6.69. The van der Waals surface area contributed by atoms with Crippen molar-refractivity contribution < 1.29 is 9.53 Å². The van der Waals surface area contributed by atoms with E-state index in [-0.39, 0.29) is 5.97 Å². The van der Waals surface area contributed by atoms with Crippen molar-refractivity contribution in [2.24, 2.45) is 0 Å². The average Bonchev–Trinajstić information content (AvgIpc) is 3.01. The van der Waals surface area contributed by atoms with Gasteiger partial charge in [0.05, 0.1) is 7.11 Å². The lowest BCUT2D eigenvalue weighted by molar-refractivity contribution is -0.136. The number of methoxy groups -OCH3 is 1. The third-order valence-electron chi connectivity index (χ3n) is 2.62. The number of nitrogens with zero attached hydrogens (tertiary/aromatic N) is 1. The van der Waals surface area contributed by atoms with Gasteiger partial charge in [-0.15, -0.1) is 0 Å². The summed E-state index contributed by atoms with van der Waals surface area (Å²) in [6.45, 7) is 2.82. The number of carbonyl (C=O) groups is 1. The van der Waals surface area contributed by atoms with E-state index < -0.39 is 0 Å². The molecular formula is C11H19NO2. The topological polar surface area (TPSA) is 29.5 Å².